The van der Waals surface area contributed by atoms with Gasteiger partial charge >= 0.3 is 0 Å². The third-order valence-corrected chi connectivity index (χ3v) is 4.20. The van der Waals surface area contributed by atoms with Crippen molar-refractivity contribution in [1.82, 2.24) is 0 Å². The maximum absolute atomic E-state index is 13.4. The van der Waals surface area contributed by atoms with Crippen LogP contribution in [-0.2, 0) is 13.0 Å². The molecule has 0 saturated heterocycles. The predicted octanol–water partition coefficient (Wildman–Crippen LogP) is 4.39. The summed E-state index contributed by atoms with van der Waals surface area (Å²) in [6, 6.07) is 10.8. The Morgan fingerprint density at radius 2 is 2.14 bits per heavy atom. The van der Waals surface area contributed by atoms with Crippen molar-refractivity contribution in [1.29, 1.82) is 0 Å². The molecule has 1 atom stereocenters. The second-order valence-electron chi connectivity index (χ2n) is 5.36. The standard InChI is InChI=1S/C17H17ClFNO/c18-14-8-7-11(9-15(14)19)10-21-17-6-2-3-12-13(17)4-1-5-16(12)20/h2-3,6-9,16H,1,4-5,10,20H2. The van der Waals surface area contributed by atoms with Gasteiger partial charge in [0, 0.05) is 6.04 Å². The molecular weight excluding hydrogens is 289 g/mol. The first-order valence-corrected chi connectivity index (χ1v) is 7.47. The largest absolute Gasteiger partial charge is 0.489 e. The SMILES string of the molecule is NC1CCCc2c(OCc3ccc(Cl)c(F)c3)cccc21. The van der Waals surface area contributed by atoms with E-state index in [0.29, 0.717) is 6.61 Å². The van der Waals surface area contributed by atoms with Gasteiger partial charge in [0.25, 0.3) is 0 Å². The molecule has 0 aliphatic heterocycles. The minimum atomic E-state index is -0.421. The fourth-order valence-corrected chi connectivity index (χ4v) is 2.90. The van der Waals surface area contributed by atoms with Gasteiger partial charge in [-0.15, -0.1) is 0 Å². The molecule has 0 radical (unpaired) electrons. The Balaban J connectivity index is 1.79. The van der Waals surface area contributed by atoms with Crippen LogP contribution in [0, 0.1) is 5.82 Å². The summed E-state index contributed by atoms with van der Waals surface area (Å²) in [4.78, 5) is 0. The number of halogens is 2. The minimum Gasteiger partial charge on any atom is -0.489 e. The van der Waals surface area contributed by atoms with E-state index in [1.165, 1.54) is 17.2 Å². The zero-order valence-corrected chi connectivity index (χ0v) is 12.4. The average Bonchev–Trinajstić information content (AvgIpc) is 2.49. The third kappa shape index (κ3) is 3.04. The van der Waals surface area contributed by atoms with Gasteiger partial charge in [-0.1, -0.05) is 29.8 Å². The summed E-state index contributed by atoms with van der Waals surface area (Å²) >= 11 is 5.68. The fraction of sp³-hybridized carbons (Fsp3) is 0.294. The van der Waals surface area contributed by atoms with Crippen molar-refractivity contribution in [3.05, 3.63) is 63.9 Å². The summed E-state index contributed by atoms with van der Waals surface area (Å²) in [5.41, 5.74) is 9.25. The Hall–Kier alpha value is -1.58. The molecule has 0 fully saturated rings. The highest BCUT2D eigenvalue weighted by Crippen LogP contribution is 2.34. The van der Waals surface area contributed by atoms with Crippen LogP contribution >= 0.6 is 11.6 Å². The predicted molar refractivity (Wildman–Crippen MR) is 82.1 cm³/mol. The van der Waals surface area contributed by atoms with Crippen LogP contribution < -0.4 is 10.5 Å². The van der Waals surface area contributed by atoms with Crippen molar-refractivity contribution in [3.8, 4) is 5.75 Å². The number of nitrogens with two attached hydrogens (primary N) is 1. The Morgan fingerprint density at radius 1 is 1.29 bits per heavy atom. The summed E-state index contributed by atoms with van der Waals surface area (Å²) in [6.45, 7) is 0.319. The topological polar surface area (TPSA) is 35.2 Å². The van der Waals surface area contributed by atoms with Gasteiger partial charge in [-0.25, -0.2) is 4.39 Å². The Kier molecular flexibility index (Phi) is 4.13. The van der Waals surface area contributed by atoms with E-state index in [4.69, 9.17) is 22.1 Å². The highest BCUT2D eigenvalue weighted by Gasteiger charge is 2.19. The molecule has 1 unspecified atom stereocenters. The molecule has 0 aromatic heterocycles. The molecule has 1 aliphatic carbocycles. The van der Waals surface area contributed by atoms with Crippen molar-refractivity contribution >= 4 is 11.6 Å². The molecule has 2 nitrogen and oxygen atoms in total. The van der Waals surface area contributed by atoms with Gasteiger partial charge in [-0.05, 0) is 54.2 Å². The van der Waals surface area contributed by atoms with E-state index < -0.39 is 5.82 Å². The molecule has 2 aromatic carbocycles. The van der Waals surface area contributed by atoms with E-state index >= 15 is 0 Å². The fourth-order valence-electron chi connectivity index (χ4n) is 2.78. The second kappa shape index (κ2) is 6.04. The Morgan fingerprint density at radius 3 is 2.95 bits per heavy atom. The van der Waals surface area contributed by atoms with E-state index in [9.17, 15) is 4.39 Å². The first-order valence-electron chi connectivity index (χ1n) is 7.09. The van der Waals surface area contributed by atoms with Crippen molar-refractivity contribution in [2.75, 3.05) is 0 Å². The van der Waals surface area contributed by atoms with E-state index in [2.05, 4.69) is 6.07 Å². The lowest BCUT2D eigenvalue weighted by molar-refractivity contribution is 0.300. The van der Waals surface area contributed by atoms with Crippen molar-refractivity contribution in [2.45, 2.75) is 31.9 Å². The number of hydrogen-bond donors (Lipinski definition) is 1. The molecule has 0 saturated carbocycles. The second-order valence-corrected chi connectivity index (χ2v) is 5.77. The summed E-state index contributed by atoms with van der Waals surface area (Å²) in [6.07, 6.45) is 3.07. The van der Waals surface area contributed by atoms with Crippen molar-refractivity contribution in [2.24, 2.45) is 5.73 Å². The summed E-state index contributed by atoms with van der Waals surface area (Å²) < 4.78 is 19.3. The van der Waals surface area contributed by atoms with Crippen LogP contribution in [0.1, 0.15) is 35.6 Å². The zero-order chi connectivity index (χ0) is 14.8. The maximum Gasteiger partial charge on any atom is 0.142 e. The number of hydrogen-bond acceptors (Lipinski definition) is 2. The number of rotatable bonds is 3. The van der Waals surface area contributed by atoms with E-state index in [0.717, 1.165) is 30.6 Å². The summed E-state index contributed by atoms with van der Waals surface area (Å²) in [5, 5.41) is 0.127. The molecule has 21 heavy (non-hydrogen) atoms. The Labute approximate surface area is 128 Å². The first-order chi connectivity index (χ1) is 10.1. The van der Waals surface area contributed by atoms with E-state index in [1.807, 2.05) is 12.1 Å². The lowest BCUT2D eigenvalue weighted by atomic mass is 9.87. The first kappa shape index (κ1) is 14.4. The van der Waals surface area contributed by atoms with Gasteiger partial charge in [0.1, 0.15) is 18.2 Å². The highest BCUT2D eigenvalue weighted by molar-refractivity contribution is 6.30. The number of benzene rings is 2. The summed E-state index contributed by atoms with van der Waals surface area (Å²) in [7, 11) is 0. The number of fused-ring (bicyclic) bond motifs is 1. The van der Waals surface area contributed by atoms with Gasteiger partial charge in [-0.3, -0.25) is 0 Å². The van der Waals surface area contributed by atoms with Crippen LogP contribution in [0.4, 0.5) is 4.39 Å². The summed E-state index contributed by atoms with van der Waals surface area (Å²) in [5.74, 6) is 0.424. The molecule has 110 valence electrons. The van der Waals surface area contributed by atoms with Crippen LogP contribution in [0.2, 0.25) is 5.02 Å². The smallest absolute Gasteiger partial charge is 0.142 e. The van der Waals surface area contributed by atoms with Crippen LogP contribution in [0.25, 0.3) is 0 Å². The zero-order valence-electron chi connectivity index (χ0n) is 11.6. The molecule has 1 aliphatic rings. The molecule has 2 N–H and O–H groups in total. The normalized spacial score (nSPS) is 17.4. The third-order valence-electron chi connectivity index (χ3n) is 3.89. The van der Waals surface area contributed by atoms with Crippen LogP contribution in [-0.4, -0.2) is 0 Å². The molecule has 0 amide bonds. The van der Waals surface area contributed by atoms with Gasteiger partial charge < -0.3 is 10.5 Å². The monoisotopic (exact) mass is 305 g/mol. The molecule has 0 heterocycles. The van der Waals surface area contributed by atoms with Crippen molar-refractivity contribution in [3.63, 3.8) is 0 Å². The highest BCUT2D eigenvalue weighted by atomic mass is 35.5. The average molecular weight is 306 g/mol. The quantitative estimate of drug-likeness (QED) is 0.912. The van der Waals surface area contributed by atoms with Gasteiger partial charge in [0.05, 0.1) is 5.02 Å². The van der Waals surface area contributed by atoms with E-state index in [1.54, 1.807) is 12.1 Å². The molecule has 4 heteroatoms. The van der Waals surface area contributed by atoms with Gasteiger partial charge in [0.2, 0.25) is 0 Å². The lowest BCUT2D eigenvalue weighted by Gasteiger charge is -2.24. The molecule has 2 aromatic rings. The molecule has 3 rings (SSSR count). The molecule has 0 bridgehead atoms. The van der Waals surface area contributed by atoms with Gasteiger partial charge in [-0.2, -0.15) is 0 Å². The number of ether oxygens (including phenoxy) is 1. The van der Waals surface area contributed by atoms with Crippen molar-refractivity contribution < 1.29 is 9.13 Å². The van der Waals surface area contributed by atoms with Crippen LogP contribution in [0.15, 0.2) is 36.4 Å². The lowest BCUT2D eigenvalue weighted by Crippen LogP contribution is -2.18. The minimum absolute atomic E-state index is 0.0882. The maximum atomic E-state index is 13.4. The van der Waals surface area contributed by atoms with Gasteiger partial charge in [0.15, 0.2) is 0 Å². The van der Waals surface area contributed by atoms with E-state index in [-0.39, 0.29) is 11.1 Å². The Bertz CT molecular complexity index is 659. The molecule has 0 spiro atoms. The van der Waals surface area contributed by atoms with Crippen LogP contribution in [0.3, 0.4) is 0 Å². The van der Waals surface area contributed by atoms with Crippen LogP contribution in [0.5, 0.6) is 5.75 Å². The molecular formula is C17H17ClFNO.